The molecule has 0 spiro atoms. The minimum Gasteiger partial charge on any atom is -0.806 e. The van der Waals surface area contributed by atoms with Gasteiger partial charge in [0.15, 0.2) is 0 Å². The van der Waals surface area contributed by atoms with Crippen LogP contribution >= 0.6 is 23.8 Å². The van der Waals surface area contributed by atoms with Crippen molar-refractivity contribution in [2.24, 2.45) is 0 Å². The van der Waals surface area contributed by atoms with E-state index in [0.29, 0.717) is 23.8 Å². The number of hydrogen-bond acceptors (Lipinski definition) is 1. The fourth-order valence-corrected chi connectivity index (χ4v) is 6.32. The van der Waals surface area contributed by atoms with Gasteiger partial charge in [-0.3, -0.25) is 12.0 Å². The number of allylic oxidation sites excluding steroid dienone is 2. The molecule has 0 aliphatic carbocycles. The monoisotopic (exact) mass is 659 g/mol. The van der Waals surface area contributed by atoms with Crippen molar-refractivity contribution in [3.8, 4) is 0 Å². The summed E-state index contributed by atoms with van der Waals surface area (Å²) >= 11 is 4.59. The van der Waals surface area contributed by atoms with Crippen LogP contribution in [0.25, 0.3) is 0 Å². The summed E-state index contributed by atoms with van der Waals surface area (Å²) in [5, 5.41) is 1.58. The van der Waals surface area contributed by atoms with Gasteiger partial charge in [-0.15, -0.1) is 30.7 Å². The zero-order valence-corrected chi connectivity index (χ0v) is 27.5. The van der Waals surface area contributed by atoms with Crippen molar-refractivity contribution in [3.05, 3.63) is 23.1 Å². The van der Waals surface area contributed by atoms with Crippen molar-refractivity contribution < 1.29 is 20.1 Å². The van der Waals surface area contributed by atoms with Gasteiger partial charge in [-0.05, 0) is 55.5 Å². The molecule has 0 fully saturated rings. The summed E-state index contributed by atoms with van der Waals surface area (Å²) in [6.07, 6.45) is 12.8. The maximum Gasteiger partial charge on any atom is 0 e. The van der Waals surface area contributed by atoms with Gasteiger partial charge in [0.05, 0.1) is 0 Å². The van der Waals surface area contributed by atoms with Crippen molar-refractivity contribution in [2.75, 3.05) is 55.5 Å². The third-order valence-corrected chi connectivity index (χ3v) is 13.2. The Kier molecular flexibility index (Phi) is 48.4. The van der Waals surface area contributed by atoms with Crippen LogP contribution in [-0.4, -0.2) is 55.5 Å². The topological polar surface area (TPSA) is 0 Å². The molecule has 0 aromatic carbocycles. The second kappa shape index (κ2) is 34.3. The van der Waals surface area contributed by atoms with Crippen LogP contribution in [0.3, 0.4) is 0 Å². The molecule has 0 bridgehead atoms. The summed E-state index contributed by atoms with van der Waals surface area (Å²) in [6.45, 7) is 29.7. The molecule has 1 radical (unpaired) electrons. The zero-order valence-electron chi connectivity index (χ0n) is 21.6. The van der Waals surface area contributed by atoms with E-state index < -0.39 is 0 Å². The first-order valence-corrected chi connectivity index (χ1v) is 17.4. The van der Waals surface area contributed by atoms with E-state index >= 15 is 0 Å². The Morgan fingerprint density at radius 3 is 0.759 bits per heavy atom. The molecule has 0 nitrogen and oxygen atoms in total. The van der Waals surface area contributed by atoms with Crippen LogP contribution in [0.1, 0.15) is 76.2 Å². The van der Waals surface area contributed by atoms with Crippen molar-refractivity contribution >= 4 is 36.4 Å². The molecule has 5 heteroatoms. The number of hydrogen-bond donors (Lipinski definition) is 0. The molecule has 29 heavy (non-hydrogen) atoms. The average Bonchev–Trinajstić information content (AvgIpc) is 2.72. The first kappa shape index (κ1) is 40.9. The van der Waals surface area contributed by atoms with E-state index in [1.165, 1.54) is 55.5 Å². The normalized spacial score (nSPS) is 10.2. The molecular formula is C24H53IrP3S-2. The Morgan fingerprint density at radius 1 is 0.586 bits per heavy atom. The third kappa shape index (κ3) is 34.4. The molecular weight excluding hydrogens is 605 g/mol. The van der Waals surface area contributed by atoms with Gasteiger partial charge in [0, 0.05) is 20.1 Å². The molecule has 0 saturated heterocycles. The van der Waals surface area contributed by atoms with E-state index in [9.17, 15) is 0 Å². The second-order valence-corrected chi connectivity index (χ2v) is 16.3. The van der Waals surface area contributed by atoms with Gasteiger partial charge in [0.2, 0.25) is 0 Å². The van der Waals surface area contributed by atoms with Crippen LogP contribution in [0.4, 0.5) is 0 Å². The smallest absolute Gasteiger partial charge is 0 e. The molecule has 0 N–H and O–H groups in total. The number of rotatable bonds is 10. The van der Waals surface area contributed by atoms with Gasteiger partial charge >= 0.3 is 0 Å². The second-order valence-electron chi connectivity index (χ2n) is 6.34. The van der Waals surface area contributed by atoms with E-state index in [1.54, 1.807) is 5.41 Å². The molecule has 0 atom stereocenters. The van der Waals surface area contributed by atoms with Gasteiger partial charge in [-0.25, -0.2) is 11.1 Å². The quantitative estimate of drug-likeness (QED) is 0.0976. The third-order valence-electron chi connectivity index (χ3n) is 4.82. The van der Waals surface area contributed by atoms with Crippen molar-refractivity contribution in [2.45, 2.75) is 76.2 Å². The molecule has 0 aromatic heterocycles. The Morgan fingerprint density at radius 2 is 0.759 bits per heavy atom. The fraction of sp³-hybridized carbons (Fsp3) is 0.833. The minimum absolute atomic E-state index is 0. The van der Waals surface area contributed by atoms with Crippen molar-refractivity contribution in [1.82, 2.24) is 0 Å². The molecule has 0 unspecified atom stereocenters. The Balaban J connectivity index is -0.0000000873. The maximum atomic E-state index is 5.33. The molecule has 0 saturated carbocycles. The zero-order chi connectivity index (χ0) is 23.0. The Bertz CT molecular complexity index is 279. The fourth-order valence-electron chi connectivity index (χ4n) is 2.11. The molecule has 0 aliphatic rings. The van der Waals surface area contributed by atoms with E-state index in [1.807, 2.05) is 13.8 Å². The summed E-state index contributed by atoms with van der Waals surface area (Å²) in [5.41, 5.74) is 1.78. The van der Waals surface area contributed by atoms with Crippen LogP contribution in [0.15, 0.2) is 16.6 Å². The molecule has 0 rings (SSSR count). The summed E-state index contributed by atoms with van der Waals surface area (Å²) in [5.74, 6) is 0. The van der Waals surface area contributed by atoms with Crippen molar-refractivity contribution in [3.63, 3.8) is 0 Å². The molecule has 0 amide bonds. The molecule has 0 aromatic rings. The van der Waals surface area contributed by atoms with Crippen LogP contribution in [0.5, 0.6) is 0 Å². The SMILES string of the molecule is CCP(CC)CC.CCP(CC)CC.CCP(CC)CC.[CH-]=C(C)/C(C)=C\[S-].[Ir]. The Hall–Kier alpha value is 1.64. The minimum atomic E-state index is 0. The molecule has 181 valence electrons. The van der Waals surface area contributed by atoms with Crippen LogP contribution < -0.4 is 0 Å². The average molecular weight is 659 g/mol. The van der Waals surface area contributed by atoms with Crippen LogP contribution in [0.2, 0.25) is 0 Å². The maximum absolute atomic E-state index is 5.33. The van der Waals surface area contributed by atoms with Gasteiger partial charge < -0.3 is 12.6 Å². The predicted molar refractivity (Wildman–Crippen MR) is 150 cm³/mol. The van der Waals surface area contributed by atoms with E-state index in [2.05, 4.69) is 74.9 Å². The van der Waals surface area contributed by atoms with Crippen LogP contribution in [0, 0.1) is 6.58 Å². The molecule has 0 heterocycles. The summed E-state index contributed by atoms with van der Waals surface area (Å²) in [6, 6.07) is 0. The van der Waals surface area contributed by atoms with Crippen LogP contribution in [-0.2, 0) is 32.7 Å². The Labute approximate surface area is 210 Å². The van der Waals surface area contributed by atoms with E-state index in [-0.39, 0.29) is 20.1 Å². The summed E-state index contributed by atoms with van der Waals surface area (Å²) in [7, 11) is 1.34. The molecule has 0 aliphatic heterocycles. The van der Waals surface area contributed by atoms with Gasteiger partial charge in [0.1, 0.15) is 0 Å². The standard InChI is InChI=1S/3C6H15P.C6H9S.Ir/c3*1-4-7(5-2)6-3;1-5(2)6(3)4-7;/h3*4-6H2,1-3H3;1,4,7H,2-3H3;/q;;;-1;/p-1/b;;;6-4-;. The van der Waals surface area contributed by atoms with E-state index in [4.69, 9.17) is 6.58 Å². The van der Waals surface area contributed by atoms with Gasteiger partial charge in [-0.1, -0.05) is 69.2 Å². The van der Waals surface area contributed by atoms with E-state index in [0.717, 1.165) is 11.1 Å². The first-order valence-electron chi connectivity index (χ1n) is 11.3. The van der Waals surface area contributed by atoms with Gasteiger partial charge in [0.25, 0.3) is 0 Å². The first-order chi connectivity index (χ1) is 13.2. The largest absolute Gasteiger partial charge is 0.806 e. The van der Waals surface area contributed by atoms with Crippen molar-refractivity contribution in [1.29, 1.82) is 0 Å². The summed E-state index contributed by atoms with van der Waals surface area (Å²) < 4.78 is 0. The predicted octanol–water partition coefficient (Wildman–Crippen LogP) is 9.40. The van der Waals surface area contributed by atoms with Gasteiger partial charge in [-0.2, -0.15) is 0 Å². The summed E-state index contributed by atoms with van der Waals surface area (Å²) in [4.78, 5) is 0.